The maximum atomic E-state index is 12.1. The van der Waals surface area contributed by atoms with Gasteiger partial charge in [0.05, 0.1) is 16.6 Å². The number of halogens is 1. The van der Waals surface area contributed by atoms with Gasteiger partial charge in [-0.3, -0.25) is 4.79 Å². The summed E-state index contributed by atoms with van der Waals surface area (Å²) in [5, 5.41) is 4.15. The lowest BCUT2D eigenvalue weighted by molar-refractivity contribution is 1.14. The molecular formula is C19H12ClN3OS. The SMILES string of the molecule is O=c1[nH]c(/C=C/c2csc(-c3ccc(Cl)cc3)n2)nc2ccccc12. The Hall–Kier alpha value is -2.76. The minimum atomic E-state index is -0.148. The van der Waals surface area contributed by atoms with Crippen molar-refractivity contribution >= 4 is 46.0 Å². The van der Waals surface area contributed by atoms with Crippen molar-refractivity contribution in [3.05, 3.63) is 80.8 Å². The van der Waals surface area contributed by atoms with E-state index >= 15 is 0 Å². The number of thiazole rings is 1. The third-order valence-corrected chi connectivity index (χ3v) is 4.82. The van der Waals surface area contributed by atoms with E-state index in [2.05, 4.69) is 15.0 Å². The second-order valence-corrected chi connectivity index (χ2v) is 6.68. The molecule has 6 heteroatoms. The van der Waals surface area contributed by atoms with Gasteiger partial charge >= 0.3 is 0 Å². The van der Waals surface area contributed by atoms with Crippen LogP contribution in [-0.4, -0.2) is 15.0 Å². The van der Waals surface area contributed by atoms with Gasteiger partial charge in [-0.25, -0.2) is 9.97 Å². The molecule has 0 saturated carbocycles. The minimum Gasteiger partial charge on any atom is -0.306 e. The van der Waals surface area contributed by atoms with Crippen LogP contribution in [0.3, 0.4) is 0 Å². The molecule has 0 bridgehead atoms. The van der Waals surface area contributed by atoms with Gasteiger partial charge in [0.1, 0.15) is 10.8 Å². The first-order valence-electron chi connectivity index (χ1n) is 7.58. The van der Waals surface area contributed by atoms with E-state index < -0.39 is 0 Å². The zero-order valence-electron chi connectivity index (χ0n) is 12.9. The fourth-order valence-corrected chi connectivity index (χ4v) is 3.36. The number of rotatable bonds is 3. The Balaban J connectivity index is 1.62. The molecule has 1 N–H and O–H groups in total. The Bertz CT molecular complexity index is 1130. The summed E-state index contributed by atoms with van der Waals surface area (Å²) in [6.07, 6.45) is 3.59. The van der Waals surface area contributed by atoms with Crippen molar-refractivity contribution in [2.24, 2.45) is 0 Å². The van der Waals surface area contributed by atoms with Crippen LogP contribution in [0, 0.1) is 0 Å². The zero-order valence-corrected chi connectivity index (χ0v) is 14.5. The van der Waals surface area contributed by atoms with Gasteiger partial charge in [-0.1, -0.05) is 35.9 Å². The predicted octanol–water partition coefficient (Wildman–Crippen LogP) is 4.87. The molecule has 0 atom stereocenters. The molecule has 2 aromatic carbocycles. The van der Waals surface area contributed by atoms with Gasteiger partial charge < -0.3 is 4.98 Å². The largest absolute Gasteiger partial charge is 0.306 e. The van der Waals surface area contributed by atoms with Crippen LogP contribution in [0.1, 0.15) is 11.5 Å². The summed E-state index contributed by atoms with van der Waals surface area (Å²) in [4.78, 5) is 23.9. The van der Waals surface area contributed by atoms with Crippen LogP contribution in [-0.2, 0) is 0 Å². The monoisotopic (exact) mass is 365 g/mol. The van der Waals surface area contributed by atoms with Crippen molar-refractivity contribution in [3.8, 4) is 10.6 Å². The third-order valence-electron chi connectivity index (χ3n) is 3.66. The van der Waals surface area contributed by atoms with E-state index in [0.29, 0.717) is 21.7 Å². The quantitative estimate of drug-likeness (QED) is 0.563. The number of para-hydroxylation sites is 1. The Morgan fingerprint density at radius 1 is 1.00 bits per heavy atom. The molecule has 4 aromatic rings. The number of fused-ring (bicyclic) bond motifs is 1. The highest BCUT2D eigenvalue weighted by molar-refractivity contribution is 7.13. The molecule has 2 heterocycles. The highest BCUT2D eigenvalue weighted by Crippen LogP contribution is 2.25. The fourth-order valence-electron chi connectivity index (χ4n) is 2.44. The van der Waals surface area contributed by atoms with E-state index in [-0.39, 0.29) is 5.56 Å². The third kappa shape index (κ3) is 3.38. The summed E-state index contributed by atoms with van der Waals surface area (Å²) in [6.45, 7) is 0. The number of H-pyrrole nitrogens is 1. The summed E-state index contributed by atoms with van der Waals surface area (Å²) >= 11 is 7.46. The number of aromatic nitrogens is 3. The van der Waals surface area contributed by atoms with Gasteiger partial charge in [0.25, 0.3) is 5.56 Å². The molecule has 0 saturated heterocycles. The van der Waals surface area contributed by atoms with Crippen LogP contribution < -0.4 is 5.56 Å². The lowest BCUT2D eigenvalue weighted by Gasteiger charge is -1.98. The molecule has 0 unspecified atom stereocenters. The number of nitrogens with one attached hydrogen (secondary N) is 1. The lowest BCUT2D eigenvalue weighted by Crippen LogP contribution is -2.09. The highest BCUT2D eigenvalue weighted by Gasteiger charge is 2.04. The van der Waals surface area contributed by atoms with Crippen LogP contribution >= 0.6 is 22.9 Å². The molecule has 0 aliphatic rings. The Labute approximate surface area is 152 Å². The van der Waals surface area contributed by atoms with Gasteiger partial charge in [0.2, 0.25) is 0 Å². The first kappa shape index (κ1) is 15.7. The molecular weight excluding hydrogens is 354 g/mol. The second kappa shape index (κ2) is 6.63. The molecule has 0 fully saturated rings. The number of benzene rings is 2. The van der Waals surface area contributed by atoms with Crippen LogP contribution in [0.15, 0.2) is 58.7 Å². The van der Waals surface area contributed by atoms with Gasteiger partial charge in [-0.15, -0.1) is 11.3 Å². The second-order valence-electron chi connectivity index (χ2n) is 5.39. The highest BCUT2D eigenvalue weighted by atomic mass is 35.5. The average Bonchev–Trinajstić information content (AvgIpc) is 3.10. The summed E-state index contributed by atoms with van der Waals surface area (Å²) in [6, 6.07) is 14.8. The molecule has 122 valence electrons. The van der Waals surface area contributed by atoms with Crippen molar-refractivity contribution in [2.45, 2.75) is 0 Å². The Morgan fingerprint density at radius 2 is 1.80 bits per heavy atom. The fraction of sp³-hybridized carbons (Fsp3) is 0. The molecule has 0 amide bonds. The Kier molecular flexibility index (Phi) is 4.17. The molecule has 0 spiro atoms. The molecule has 4 rings (SSSR count). The maximum absolute atomic E-state index is 12.1. The van der Waals surface area contributed by atoms with Crippen molar-refractivity contribution in [1.82, 2.24) is 15.0 Å². The average molecular weight is 366 g/mol. The van der Waals surface area contributed by atoms with Gasteiger partial charge in [-0.05, 0) is 36.4 Å². The Morgan fingerprint density at radius 3 is 2.64 bits per heavy atom. The molecule has 4 nitrogen and oxygen atoms in total. The zero-order chi connectivity index (χ0) is 17.2. The van der Waals surface area contributed by atoms with E-state index in [1.54, 1.807) is 23.5 Å². The predicted molar refractivity (Wildman–Crippen MR) is 104 cm³/mol. The van der Waals surface area contributed by atoms with E-state index in [1.165, 1.54) is 0 Å². The molecule has 25 heavy (non-hydrogen) atoms. The molecule has 0 aliphatic heterocycles. The van der Waals surface area contributed by atoms with E-state index in [1.807, 2.05) is 53.9 Å². The van der Waals surface area contributed by atoms with E-state index in [9.17, 15) is 4.79 Å². The minimum absolute atomic E-state index is 0.148. The van der Waals surface area contributed by atoms with Crippen LogP contribution in [0.4, 0.5) is 0 Å². The first-order valence-corrected chi connectivity index (χ1v) is 8.83. The molecule has 2 aromatic heterocycles. The van der Waals surface area contributed by atoms with E-state index in [0.717, 1.165) is 16.3 Å². The summed E-state index contributed by atoms with van der Waals surface area (Å²) < 4.78 is 0. The van der Waals surface area contributed by atoms with Crippen molar-refractivity contribution in [3.63, 3.8) is 0 Å². The van der Waals surface area contributed by atoms with Gasteiger partial charge in [-0.2, -0.15) is 0 Å². The van der Waals surface area contributed by atoms with Gasteiger partial charge in [0, 0.05) is 16.0 Å². The number of hydrogen-bond donors (Lipinski definition) is 1. The topological polar surface area (TPSA) is 58.6 Å². The van der Waals surface area contributed by atoms with E-state index in [4.69, 9.17) is 11.6 Å². The summed E-state index contributed by atoms with van der Waals surface area (Å²) in [7, 11) is 0. The van der Waals surface area contributed by atoms with Crippen LogP contribution in [0.2, 0.25) is 5.02 Å². The molecule has 0 radical (unpaired) electrons. The normalized spacial score (nSPS) is 11.4. The standard InChI is InChI=1S/C19H12ClN3OS/c20-13-7-5-12(6-8-13)19-21-14(11-25-19)9-10-17-22-16-4-2-1-3-15(16)18(24)23-17/h1-11H,(H,22,23,24)/b10-9+. The maximum Gasteiger partial charge on any atom is 0.259 e. The smallest absolute Gasteiger partial charge is 0.259 e. The lowest BCUT2D eigenvalue weighted by atomic mass is 10.2. The van der Waals surface area contributed by atoms with Crippen LogP contribution in [0.25, 0.3) is 33.6 Å². The van der Waals surface area contributed by atoms with Gasteiger partial charge in [0.15, 0.2) is 0 Å². The van der Waals surface area contributed by atoms with Crippen molar-refractivity contribution in [2.75, 3.05) is 0 Å². The first-order chi connectivity index (χ1) is 12.2. The number of hydrogen-bond acceptors (Lipinski definition) is 4. The van der Waals surface area contributed by atoms with Crippen molar-refractivity contribution < 1.29 is 0 Å². The number of aromatic amines is 1. The van der Waals surface area contributed by atoms with Crippen molar-refractivity contribution in [1.29, 1.82) is 0 Å². The molecule has 0 aliphatic carbocycles. The summed E-state index contributed by atoms with van der Waals surface area (Å²) in [5.41, 5.74) is 2.36. The number of nitrogens with zero attached hydrogens (tertiary/aromatic N) is 2. The van der Waals surface area contributed by atoms with Crippen LogP contribution in [0.5, 0.6) is 0 Å². The summed E-state index contributed by atoms with van der Waals surface area (Å²) in [5.74, 6) is 0.504.